The van der Waals surface area contributed by atoms with Crippen LogP contribution in [0.15, 0.2) is 33.7 Å². The summed E-state index contributed by atoms with van der Waals surface area (Å²) in [5.74, 6) is 0.381. The van der Waals surface area contributed by atoms with Gasteiger partial charge in [-0.2, -0.15) is 0 Å². The van der Waals surface area contributed by atoms with Crippen molar-refractivity contribution in [3.8, 4) is 0 Å². The van der Waals surface area contributed by atoms with E-state index in [-0.39, 0.29) is 11.9 Å². The van der Waals surface area contributed by atoms with Gasteiger partial charge in [0.15, 0.2) is 11.9 Å². The smallest absolute Gasteiger partial charge is 0.339 e. The van der Waals surface area contributed by atoms with Gasteiger partial charge in [0.1, 0.15) is 0 Å². The SMILES string of the molecule is CC(C)C1N=C(c2ccc(Br)cc2)NOC1=O. The van der Waals surface area contributed by atoms with Crippen molar-refractivity contribution in [2.45, 2.75) is 19.9 Å². The van der Waals surface area contributed by atoms with E-state index in [2.05, 4.69) is 26.4 Å². The highest BCUT2D eigenvalue weighted by Gasteiger charge is 2.28. The second kappa shape index (κ2) is 4.87. The molecule has 0 aliphatic carbocycles. The Morgan fingerprint density at radius 3 is 2.59 bits per heavy atom. The summed E-state index contributed by atoms with van der Waals surface area (Å²) in [6, 6.07) is 7.22. The van der Waals surface area contributed by atoms with Gasteiger partial charge in [-0.1, -0.05) is 41.9 Å². The standard InChI is InChI=1S/C12H13BrN2O2/c1-7(2)10-12(16)17-15-11(14-10)8-3-5-9(13)6-4-8/h3-7,10H,1-2H3,(H,14,15). The van der Waals surface area contributed by atoms with Gasteiger partial charge < -0.3 is 4.84 Å². The van der Waals surface area contributed by atoms with E-state index in [1.54, 1.807) is 0 Å². The normalized spacial score (nSPS) is 19.6. The summed E-state index contributed by atoms with van der Waals surface area (Å²) in [5, 5.41) is 0. The first-order valence-corrected chi connectivity index (χ1v) is 6.17. The molecule has 0 saturated heterocycles. The van der Waals surface area contributed by atoms with Crippen molar-refractivity contribution in [3.63, 3.8) is 0 Å². The number of aliphatic imine (C=N–C) groups is 1. The van der Waals surface area contributed by atoms with Gasteiger partial charge >= 0.3 is 5.97 Å². The number of carbonyl (C=O) groups is 1. The number of hydroxylamine groups is 1. The molecule has 1 heterocycles. The van der Waals surface area contributed by atoms with Crippen molar-refractivity contribution in [2.75, 3.05) is 0 Å². The third-order valence-electron chi connectivity index (χ3n) is 2.51. The van der Waals surface area contributed by atoms with Crippen LogP contribution in [0.5, 0.6) is 0 Å². The predicted molar refractivity (Wildman–Crippen MR) is 68.5 cm³/mol. The van der Waals surface area contributed by atoms with Crippen LogP contribution in [0.4, 0.5) is 0 Å². The topological polar surface area (TPSA) is 50.7 Å². The lowest BCUT2D eigenvalue weighted by Crippen LogP contribution is -2.41. The summed E-state index contributed by atoms with van der Waals surface area (Å²) in [5.41, 5.74) is 3.47. The van der Waals surface area contributed by atoms with Crippen LogP contribution in [-0.4, -0.2) is 17.8 Å². The van der Waals surface area contributed by atoms with Crippen molar-refractivity contribution in [1.82, 2.24) is 5.48 Å². The molecule has 0 amide bonds. The minimum atomic E-state index is -0.435. The van der Waals surface area contributed by atoms with Crippen LogP contribution < -0.4 is 5.48 Å². The molecule has 0 fully saturated rings. The van der Waals surface area contributed by atoms with Gasteiger partial charge in [0.05, 0.1) is 0 Å². The van der Waals surface area contributed by atoms with Crippen LogP contribution in [-0.2, 0) is 9.63 Å². The van der Waals surface area contributed by atoms with Crippen LogP contribution >= 0.6 is 15.9 Å². The molecule has 0 bridgehead atoms. The molecule has 1 N–H and O–H groups in total. The van der Waals surface area contributed by atoms with E-state index in [1.165, 1.54) is 0 Å². The molecule has 17 heavy (non-hydrogen) atoms. The zero-order valence-corrected chi connectivity index (χ0v) is 11.2. The molecule has 0 radical (unpaired) electrons. The van der Waals surface area contributed by atoms with Gasteiger partial charge in [-0.15, -0.1) is 0 Å². The molecule has 1 aromatic rings. The summed E-state index contributed by atoms with van der Waals surface area (Å²) in [6.45, 7) is 3.89. The van der Waals surface area contributed by atoms with Crippen molar-refractivity contribution >= 4 is 27.7 Å². The van der Waals surface area contributed by atoms with Gasteiger partial charge in [0.25, 0.3) is 0 Å². The maximum atomic E-state index is 11.5. The van der Waals surface area contributed by atoms with Crippen molar-refractivity contribution in [2.24, 2.45) is 10.9 Å². The molecule has 1 aliphatic heterocycles. The minimum Gasteiger partial charge on any atom is -0.339 e. The highest BCUT2D eigenvalue weighted by Crippen LogP contribution is 2.16. The quantitative estimate of drug-likeness (QED) is 0.911. The van der Waals surface area contributed by atoms with Crippen LogP contribution in [0.25, 0.3) is 0 Å². The number of hydrogen-bond acceptors (Lipinski definition) is 4. The highest BCUT2D eigenvalue weighted by molar-refractivity contribution is 9.10. The first-order valence-electron chi connectivity index (χ1n) is 5.38. The fourth-order valence-corrected chi connectivity index (χ4v) is 1.80. The number of nitrogens with one attached hydrogen (secondary N) is 1. The maximum Gasteiger partial charge on any atom is 0.356 e. The number of halogens is 1. The van der Waals surface area contributed by atoms with Crippen molar-refractivity contribution < 1.29 is 9.63 Å². The number of nitrogens with zero attached hydrogens (tertiary/aromatic N) is 1. The van der Waals surface area contributed by atoms with Gasteiger partial charge in [-0.3, -0.25) is 0 Å². The lowest BCUT2D eigenvalue weighted by Gasteiger charge is -2.22. The summed E-state index contributed by atoms with van der Waals surface area (Å²) in [7, 11) is 0. The largest absolute Gasteiger partial charge is 0.356 e. The fourth-order valence-electron chi connectivity index (χ4n) is 1.54. The second-order valence-corrected chi connectivity index (χ2v) is 5.11. The van der Waals surface area contributed by atoms with Crippen LogP contribution in [0.1, 0.15) is 19.4 Å². The van der Waals surface area contributed by atoms with Crippen LogP contribution in [0, 0.1) is 5.92 Å². The zero-order valence-electron chi connectivity index (χ0n) is 9.61. The fraction of sp³-hybridized carbons (Fsp3) is 0.333. The number of benzene rings is 1. The van der Waals surface area contributed by atoms with Crippen molar-refractivity contribution in [1.29, 1.82) is 0 Å². The average molecular weight is 297 g/mol. The Morgan fingerprint density at radius 2 is 2.00 bits per heavy atom. The summed E-state index contributed by atoms with van der Waals surface area (Å²) in [6.07, 6.45) is 0. The molecular weight excluding hydrogens is 284 g/mol. The Morgan fingerprint density at radius 1 is 1.35 bits per heavy atom. The predicted octanol–water partition coefficient (Wildman–Crippen LogP) is 2.28. The molecule has 5 heteroatoms. The maximum absolute atomic E-state index is 11.5. The Kier molecular flexibility index (Phi) is 3.47. The van der Waals surface area contributed by atoms with Gasteiger partial charge in [-0.25, -0.2) is 15.3 Å². The molecule has 0 aromatic heterocycles. The highest BCUT2D eigenvalue weighted by atomic mass is 79.9. The Hall–Kier alpha value is -1.36. The molecular formula is C12H13BrN2O2. The monoisotopic (exact) mass is 296 g/mol. The Balaban J connectivity index is 2.30. The number of carbonyl (C=O) groups excluding carboxylic acids is 1. The Labute approximate surface area is 108 Å². The lowest BCUT2D eigenvalue weighted by atomic mass is 10.0. The first-order chi connectivity index (χ1) is 8.08. The van der Waals surface area contributed by atoms with E-state index in [1.807, 2.05) is 38.1 Å². The summed E-state index contributed by atoms with van der Waals surface area (Å²) in [4.78, 5) is 20.8. The third kappa shape index (κ3) is 2.66. The number of hydrogen-bond donors (Lipinski definition) is 1. The van der Waals surface area contributed by atoms with Gasteiger partial charge in [0, 0.05) is 10.0 Å². The van der Waals surface area contributed by atoms with E-state index in [9.17, 15) is 4.79 Å². The molecule has 2 rings (SSSR count). The molecule has 0 spiro atoms. The van der Waals surface area contributed by atoms with E-state index in [4.69, 9.17) is 4.84 Å². The molecule has 1 unspecified atom stereocenters. The molecule has 1 aromatic carbocycles. The van der Waals surface area contributed by atoms with E-state index < -0.39 is 6.04 Å². The van der Waals surface area contributed by atoms with Gasteiger partial charge in [-0.05, 0) is 18.1 Å². The molecule has 1 aliphatic rings. The third-order valence-corrected chi connectivity index (χ3v) is 3.04. The summed E-state index contributed by atoms with van der Waals surface area (Å²) >= 11 is 3.37. The zero-order chi connectivity index (χ0) is 12.4. The van der Waals surface area contributed by atoms with E-state index in [0.29, 0.717) is 5.84 Å². The van der Waals surface area contributed by atoms with Gasteiger partial charge in [0.2, 0.25) is 0 Å². The van der Waals surface area contributed by atoms with Crippen LogP contribution in [0.2, 0.25) is 0 Å². The van der Waals surface area contributed by atoms with E-state index >= 15 is 0 Å². The molecule has 4 nitrogen and oxygen atoms in total. The van der Waals surface area contributed by atoms with Crippen LogP contribution in [0.3, 0.4) is 0 Å². The number of amidine groups is 1. The minimum absolute atomic E-state index is 0.120. The molecule has 0 saturated carbocycles. The Bertz CT molecular complexity index is 454. The lowest BCUT2D eigenvalue weighted by molar-refractivity contribution is -0.151. The number of rotatable bonds is 2. The van der Waals surface area contributed by atoms with Crippen molar-refractivity contribution in [3.05, 3.63) is 34.3 Å². The second-order valence-electron chi connectivity index (χ2n) is 4.20. The molecule has 90 valence electrons. The summed E-state index contributed by atoms with van der Waals surface area (Å²) < 4.78 is 0.995. The van der Waals surface area contributed by atoms with E-state index in [0.717, 1.165) is 10.0 Å². The average Bonchev–Trinajstić information content (AvgIpc) is 2.30. The first kappa shape index (κ1) is 12.1. The molecule has 1 atom stereocenters.